The highest BCUT2D eigenvalue weighted by Crippen LogP contribution is 2.62. The monoisotopic (exact) mass is 423 g/mol. The summed E-state index contributed by atoms with van der Waals surface area (Å²) >= 11 is 12.9. The lowest BCUT2D eigenvalue weighted by Crippen LogP contribution is -2.57. The molecule has 148 valence electrons. The summed E-state index contributed by atoms with van der Waals surface area (Å²) in [5, 5.41) is 13.7. The second-order valence-corrected chi connectivity index (χ2v) is 10.5. The van der Waals surface area contributed by atoms with Crippen LogP contribution in [0.25, 0.3) is 22.0 Å². The van der Waals surface area contributed by atoms with E-state index in [4.69, 9.17) is 28.2 Å². The Kier molecular flexibility index (Phi) is 3.89. The van der Waals surface area contributed by atoms with E-state index in [-0.39, 0.29) is 5.41 Å². The average Bonchev–Trinajstić information content (AvgIpc) is 2.66. The van der Waals surface area contributed by atoms with E-state index in [1.165, 1.54) is 6.42 Å². The lowest BCUT2D eigenvalue weighted by Gasteiger charge is -2.60. The molecule has 3 aromatic rings. The van der Waals surface area contributed by atoms with Crippen molar-refractivity contribution < 1.29 is 5.11 Å². The number of rotatable bonds is 2. The molecule has 4 fully saturated rings. The fourth-order valence-electron chi connectivity index (χ4n) is 6.89. The topological polar surface area (TPSA) is 33.1 Å². The minimum absolute atomic E-state index is 0.0251. The molecule has 2 aromatic carbocycles. The summed E-state index contributed by atoms with van der Waals surface area (Å²) in [7, 11) is 0. The number of hydrogen-bond acceptors (Lipinski definition) is 2. The summed E-state index contributed by atoms with van der Waals surface area (Å²) in [6.07, 6.45) is 6.31. The Morgan fingerprint density at radius 3 is 2.38 bits per heavy atom. The second-order valence-electron chi connectivity index (χ2n) is 9.66. The molecule has 2 unspecified atom stereocenters. The molecule has 4 heteroatoms. The highest BCUT2D eigenvalue weighted by Gasteiger charge is 2.58. The highest BCUT2D eigenvalue weighted by atomic mass is 35.5. The molecule has 29 heavy (non-hydrogen) atoms. The minimum Gasteiger partial charge on any atom is -0.390 e. The van der Waals surface area contributed by atoms with Crippen LogP contribution in [0.4, 0.5) is 0 Å². The van der Waals surface area contributed by atoms with E-state index in [2.05, 4.69) is 12.1 Å². The van der Waals surface area contributed by atoms with Crippen molar-refractivity contribution in [1.82, 2.24) is 4.98 Å². The van der Waals surface area contributed by atoms with Crippen molar-refractivity contribution in [3.05, 3.63) is 64.3 Å². The summed E-state index contributed by atoms with van der Waals surface area (Å²) in [6.45, 7) is 0. The predicted molar refractivity (Wildman–Crippen MR) is 119 cm³/mol. The van der Waals surface area contributed by atoms with Crippen LogP contribution in [0, 0.1) is 11.8 Å². The molecule has 7 rings (SSSR count). The van der Waals surface area contributed by atoms with Gasteiger partial charge in [-0.25, -0.2) is 0 Å². The molecule has 4 aliphatic carbocycles. The Bertz CT molecular complexity index is 1130. The Balaban J connectivity index is 1.59. The zero-order valence-corrected chi connectivity index (χ0v) is 17.7. The maximum absolute atomic E-state index is 11.2. The van der Waals surface area contributed by atoms with Gasteiger partial charge in [0.25, 0.3) is 0 Å². The zero-order chi connectivity index (χ0) is 19.8. The molecule has 4 aliphatic rings. The van der Waals surface area contributed by atoms with Gasteiger partial charge in [0.05, 0.1) is 11.1 Å². The number of aromatic nitrogens is 1. The Labute approximate surface area is 180 Å². The van der Waals surface area contributed by atoms with E-state index in [1.54, 1.807) is 0 Å². The van der Waals surface area contributed by atoms with Gasteiger partial charge in [-0.2, -0.15) is 0 Å². The maximum atomic E-state index is 11.2. The molecule has 1 N–H and O–H groups in total. The van der Waals surface area contributed by atoms with Crippen LogP contribution < -0.4 is 0 Å². The molecule has 0 radical (unpaired) electrons. The van der Waals surface area contributed by atoms with Crippen molar-refractivity contribution in [1.29, 1.82) is 0 Å². The Morgan fingerprint density at radius 1 is 0.897 bits per heavy atom. The quantitative estimate of drug-likeness (QED) is 0.491. The van der Waals surface area contributed by atoms with Gasteiger partial charge in [0, 0.05) is 32.1 Å². The van der Waals surface area contributed by atoms with Crippen LogP contribution in [0.5, 0.6) is 0 Å². The van der Waals surface area contributed by atoms with Gasteiger partial charge in [0.1, 0.15) is 0 Å². The number of benzene rings is 2. The lowest BCUT2D eigenvalue weighted by atomic mass is 9.47. The van der Waals surface area contributed by atoms with E-state index >= 15 is 0 Å². The van der Waals surface area contributed by atoms with Gasteiger partial charge in [0.15, 0.2) is 0 Å². The normalized spacial score (nSPS) is 32.8. The molecule has 1 aromatic heterocycles. The van der Waals surface area contributed by atoms with Gasteiger partial charge < -0.3 is 5.11 Å². The third-order valence-electron chi connectivity index (χ3n) is 7.51. The number of nitrogens with zero attached hydrogens (tertiary/aromatic N) is 1. The average molecular weight is 424 g/mol. The molecule has 4 saturated carbocycles. The van der Waals surface area contributed by atoms with Crippen molar-refractivity contribution in [3.8, 4) is 11.1 Å². The fraction of sp³-hybridized carbons (Fsp3) is 0.400. The standard InChI is InChI=1S/C25H23Cl2NO/c26-17-5-6-22-20(8-17)19(18-3-1-2-4-21(18)27)9-23(28-22)24-10-15-7-16(11-24)13-25(29,12-15)14-24/h1-6,8-9,15-16,29H,7,10-14H2. The number of hydrogen-bond donors (Lipinski definition) is 1. The number of pyridine rings is 1. The molecule has 4 bridgehead atoms. The van der Waals surface area contributed by atoms with E-state index in [1.807, 2.05) is 36.4 Å². The summed E-state index contributed by atoms with van der Waals surface area (Å²) in [5.74, 6) is 1.24. The highest BCUT2D eigenvalue weighted by molar-refractivity contribution is 6.34. The van der Waals surface area contributed by atoms with E-state index in [9.17, 15) is 5.11 Å². The lowest BCUT2D eigenvalue weighted by molar-refractivity contribution is -0.137. The predicted octanol–water partition coefficient (Wildman–Crippen LogP) is 6.79. The number of aliphatic hydroxyl groups is 1. The summed E-state index contributed by atoms with van der Waals surface area (Å²) < 4.78 is 0. The van der Waals surface area contributed by atoms with Crippen molar-refractivity contribution in [2.24, 2.45) is 11.8 Å². The van der Waals surface area contributed by atoms with Crippen LogP contribution in [0.3, 0.4) is 0 Å². The molecular weight excluding hydrogens is 401 g/mol. The van der Waals surface area contributed by atoms with Gasteiger partial charge in [-0.05, 0) is 86.3 Å². The maximum Gasteiger partial charge on any atom is 0.0712 e. The Hall–Kier alpha value is -1.61. The van der Waals surface area contributed by atoms with E-state index in [0.717, 1.165) is 64.9 Å². The van der Waals surface area contributed by atoms with Gasteiger partial charge in [-0.15, -0.1) is 0 Å². The number of fused-ring (bicyclic) bond motifs is 1. The van der Waals surface area contributed by atoms with Gasteiger partial charge in [0.2, 0.25) is 0 Å². The van der Waals surface area contributed by atoms with Crippen LogP contribution in [0.15, 0.2) is 48.5 Å². The van der Waals surface area contributed by atoms with Crippen LogP contribution in [0.1, 0.15) is 44.2 Å². The molecule has 0 saturated heterocycles. The smallest absolute Gasteiger partial charge is 0.0712 e. The first-order valence-corrected chi connectivity index (χ1v) is 11.3. The largest absolute Gasteiger partial charge is 0.390 e. The van der Waals surface area contributed by atoms with Gasteiger partial charge >= 0.3 is 0 Å². The van der Waals surface area contributed by atoms with Crippen LogP contribution in [-0.4, -0.2) is 15.7 Å². The fourth-order valence-corrected chi connectivity index (χ4v) is 7.30. The number of halogens is 2. The molecule has 0 spiro atoms. The summed E-state index contributed by atoms with van der Waals surface area (Å²) in [4.78, 5) is 5.14. The molecule has 1 heterocycles. The van der Waals surface area contributed by atoms with Crippen molar-refractivity contribution in [3.63, 3.8) is 0 Å². The molecule has 2 nitrogen and oxygen atoms in total. The summed E-state index contributed by atoms with van der Waals surface area (Å²) in [5.41, 5.74) is 3.63. The van der Waals surface area contributed by atoms with Crippen molar-refractivity contribution >= 4 is 34.1 Å². The molecule has 2 atom stereocenters. The second kappa shape index (κ2) is 6.20. The van der Waals surface area contributed by atoms with Crippen molar-refractivity contribution in [2.45, 2.75) is 49.5 Å². The van der Waals surface area contributed by atoms with Gasteiger partial charge in [-0.1, -0.05) is 41.4 Å². The van der Waals surface area contributed by atoms with E-state index < -0.39 is 5.60 Å². The van der Waals surface area contributed by atoms with Crippen LogP contribution in [-0.2, 0) is 5.41 Å². The molecular formula is C25H23Cl2NO. The van der Waals surface area contributed by atoms with Gasteiger partial charge in [-0.3, -0.25) is 4.98 Å². The van der Waals surface area contributed by atoms with Crippen molar-refractivity contribution in [2.75, 3.05) is 0 Å². The minimum atomic E-state index is -0.509. The zero-order valence-electron chi connectivity index (χ0n) is 16.2. The first kappa shape index (κ1) is 18.2. The molecule has 0 amide bonds. The Morgan fingerprint density at radius 2 is 1.66 bits per heavy atom. The van der Waals surface area contributed by atoms with Crippen LogP contribution in [0.2, 0.25) is 10.0 Å². The molecule has 0 aliphatic heterocycles. The SMILES string of the molecule is OC12CC3CC(C1)CC(c1cc(-c4ccccc4Cl)c4cc(Cl)ccc4n1)(C3)C2. The third-order valence-corrected chi connectivity index (χ3v) is 8.07. The van der Waals surface area contributed by atoms with E-state index in [0.29, 0.717) is 16.9 Å². The first-order chi connectivity index (χ1) is 13.9. The first-order valence-electron chi connectivity index (χ1n) is 10.5. The third kappa shape index (κ3) is 2.84. The summed E-state index contributed by atoms with van der Waals surface area (Å²) in [6, 6.07) is 16.1. The van der Waals surface area contributed by atoms with Crippen LogP contribution >= 0.6 is 23.2 Å².